The van der Waals surface area contributed by atoms with Crippen LogP contribution in [-0.4, -0.2) is 59.4 Å². The quantitative estimate of drug-likeness (QED) is 0.305. The van der Waals surface area contributed by atoms with Gasteiger partial charge in [-0.25, -0.2) is 4.39 Å². The molecule has 0 saturated carbocycles. The van der Waals surface area contributed by atoms with E-state index in [0.717, 1.165) is 16.0 Å². The minimum absolute atomic E-state index is 0.115. The molecule has 9 heteroatoms. The van der Waals surface area contributed by atoms with Gasteiger partial charge in [-0.1, -0.05) is 24.3 Å². The van der Waals surface area contributed by atoms with Gasteiger partial charge in [0.05, 0.1) is 12.2 Å². The summed E-state index contributed by atoms with van der Waals surface area (Å²) >= 11 is 1.44. The number of benzene rings is 2. The lowest BCUT2D eigenvalue weighted by molar-refractivity contribution is -0.156. The van der Waals surface area contributed by atoms with Gasteiger partial charge in [0.1, 0.15) is 17.0 Å². The van der Waals surface area contributed by atoms with Crippen LogP contribution < -0.4 is 5.01 Å². The van der Waals surface area contributed by atoms with Gasteiger partial charge in [0.25, 0.3) is 5.91 Å². The third-order valence-corrected chi connectivity index (χ3v) is 6.59. The Kier molecular flexibility index (Phi) is 9.36. The molecule has 0 N–H and O–H groups in total. The van der Waals surface area contributed by atoms with Crippen LogP contribution in [0, 0.1) is 6.92 Å². The fraction of sp³-hybridized carbons (Fsp3) is 0.464. The predicted molar refractivity (Wildman–Crippen MR) is 146 cm³/mol. The second-order valence-corrected chi connectivity index (χ2v) is 12.2. The van der Waals surface area contributed by atoms with Crippen LogP contribution in [0.4, 0.5) is 10.1 Å². The van der Waals surface area contributed by atoms with Crippen molar-refractivity contribution in [1.29, 1.82) is 0 Å². The molecular weight excluding hydrogens is 493 g/mol. The third kappa shape index (κ3) is 8.57. The first-order valence-electron chi connectivity index (χ1n) is 12.3. The molecule has 7 nitrogen and oxygen atoms in total. The van der Waals surface area contributed by atoms with Crippen molar-refractivity contribution in [1.82, 2.24) is 4.90 Å². The van der Waals surface area contributed by atoms with Gasteiger partial charge in [-0.3, -0.25) is 14.5 Å². The summed E-state index contributed by atoms with van der Waals surface area (Å²) in [6, 6.07) is 15.3. The highest BCUT2D eigenvalue weighted by Crippen LogP contribution is 2.34. The van der Waals surface area contributed by atoms with Crippen molar-refractivity contribution >= 4 is 35.2 Å². The number of hydrogen-bond donors (Lipinski definition) is 0. The average molecular weight is 530 g/mol. The molecular formula is C28H36FN3O4S. The summed E-state index contributed by atoms with van der Waals surface area (Å²) in [7, 11) is 0. The Labute approximate surface area is 223 Å². The Morgan fingerprint density at radius 3 is 2.46 bits per heavy atom. The number of hydrogen-bond acceptors (Lipinski definition) is 7. The lowest BCUT2D eigenvalue weighted by Gasteiger charge is -2.28. The topological polar surface area (TPSA) is 71.4 Å². The van der Waals surface area contributed by atoms with Crippen molar-refractivity contribution in [3.05, 3.63) is 59.7 Å². The van der Waals surface area contributed by atoms with E-state index in [0.29, 0.717) is 18.1 Å². The van der Waals surface area contributed by atoms with Crippen molar-refractivity contribution in [2.45, 2.75) is 63.3 Å². The molecule has 1 heterocycles. The van der Waals surface area contributed by atoms with Crippen molar-refractivity contribution in [3.8, 4) is 0 Å². The lowest BCUT2D eigenvalue weighted by atomic mass is 10.1. The molecule has 200 valence electrons. The molecule has 2 aromatic carbocycles. The number of halogens is 1. The monoisotopic (exact) mass is 529 g/mol. The van der Waals surface area contributed by atoms with E-state index in [1.54, 1.807) is 0 Å². The van der Waals surface area contributed by atoms with Crippen LogP contribution in [0.15, 0.2) is 58.5 Å². The SMILES string of the molecule is Cc1cccc(N2N=C(CN(CCF)Cc3ccc(SC(C)(C)C(=O)OC(C)(C)C)cc3)OCC2=O)c1. The summed E-state index contributed by atoms with van der Waals surface area (Å²) in [6.07, 6.45) is 0. The summed E-state index contributed by atoms with van der Waals surface area (Å²) in [5.74, 6) is -0.163. The minimum atomic E-state index is -0.744. The normalized spacial score (nSPS) is 14.4. The first-order chi connectivity index (χ1) is 17.4. The zero-order chi connectivity index (χ0) is 27.2. The molecule has 37 heavy (non-hydrogen) atoms. The summed E-state index contributed by atoms with van der Waals surface area (Å²) in [6.45, 7) is 11.5. The maximum absolute atomic E-state index is 13.4. The number of thioether (sulfide) groups is 1. The number of carbonyl (C=O) groups excluding carboxylic acids is 2. The van der Waals surface area contributed by atoms with E-state index >= 15 is 0 Å². The maximum atomic E-state index is 13.4. The Morgan fingerprint density at radius 2 is 1.84 bits per heavy atom. The molecule has 0 saturated heterocycles. The number of aryl methyl sites for hydroxylation is 1. The first kappa shape index (κ1) is 28.7. The molecule has 3 rings (SSSR count). The van der Waals surface area contributed by atoms with Crippen LogP contribution in [0.25, 0.3) is 0 Å². The first-order valence-corrected chi connectivity index (χ1v) is 13.1. The number of amides is 1. The summed E-state index contributed by atoms with van der Waals surface area (Å²) < 4.78 is 23.7. The van der Waals surface area contributed by atoms with E-state index in [9.17, 15) is 14.0 Å². The smallest absolute Gasteiger partial charge is 0.322 e. The number of ether oxygens (including phenoxy) is 2. The molecule has 2 aromatic rings. The van der Waals surface area contributed by atoms with E-state index in [1.165, 1.54) is 16.8 Å². The van der Waals surface area contributed by atoms with Crippen LogP contribution in [0.3, 0.4) is 0 Å². The Balaban J connectivity index is 1.66. The van der Waals surface area contributed by atoms with E-state index < -0.39 is 17.0 Å². The zero-order valence-corrected chi connectivity index (χ0v) is 23.2. The number of alkyl halides is 1. The van der Waals surface area contributed by atoms with Crippen LogP contribution in [0.2, 0.25) is 0 Å². The van der Waals surface area contributed by atoms with E-state index in [1.807, 2.05) is 95.0 Å². The van der Waals surface area contributed by atoms with Crippen molar-refractivity contribution < 1.29 is 23.5 Å². The van der Waals surface area contributed by atoms with Gasteiger partial charge in [-0.2, -0.15) is 5.01 Å². The Hall–Kier alpha value is -2.91. The largest absolute Gasteiger partial charge is 0.469 e. The van der Waals surface area contributed by atoms with Gasteiger partial charge in [-0.05, 0) is 76.9 Å². The molecule has 0 aliphatic carbocycles. The van der Waals surface area contributed by atoms with Crippen LogP contribution in [-0.2, 0) is 25.6 Å². The van der Waals surface area contributed by atoms with Gasteiger partial charge in [-0.15, -0.1) is 16.9 Å². The second-order valence-electron chi connectivity index (χ2n) is 10.5. The van der Waals surface area contributed by atoms with Gasteiger partial charge < -0.3 is 9.47 Å². The lowest BCUT2D eigenvalue weighted by Crippen LogP contribution is -2.41. The highest BCUT2D eigenvalue weighted by Gasteiger charge is 2.33. The average Bonchev–Trinajstić information content (AvgIpc) is 2.80. The predicted octanol–water partition coefficient (Wildman–Crippen LogP) is 5.36. The molecule has 1 aliphatic rings. The number of carbonyl (C=O) groups is 2. The Morgan fingerprint density at radius 1 is 1.14 bits per heavy atom. The molecule has 0 spiro atoms. The van der Waals surface area contributed by atoms with Gasteiger partial charge in [0.2, 0.25) is 5.90 Å². The molecule has 0 atom stereocenters. The van der Waals surface area contributed by atoms with Crippen molar-refractivity contribution in [2.24, 2.45) is 5.10 Å². The van der Waals surface area contributed by atoms with Crippen molar-refractivity contribution in [2.75, 3.05) is 31.4 Å². The summed E-state index contributed by atoms with van der Waals surface area (Å²) in [5, 5.41) is 5.75. The maximum Gasteiger partial charge on any atom is 0.322 e. The van der Waals surface area contributed by atoms with Gasteiger partial charge in [0, 0.05) is 18.0 Å². The highest BCUT2D eigenvalue weighted by molar-refractivity contribution is 8.01. The fourth-order valence-corrected chi connectivity index (χ4v) is 4.61. The Bertz CT molecular complexity index is 1130. The van der Waals surface area contributed by atoms with E-state index in [2.05, 4.69) is 5.10 Å². The third-order valence-electron chi connectivity index (χ3n) is 5.41. The standard InChI is InChI=1S/C28H36FN3O4S/c1-20-8-7-9-22(16-20)32-25(33)19-35-24(30-32)18-31(15-14-29)17-21-10-12-23(13-11-21)37-28(5,6)26(34)36-27(2,3)4/h7-13,16H,14-15,17-19H2,1-6H3. The van der Waals surface area contributed by atoms with E-state index in [-0.39, 0.29) is 31.6 Å². The molecule has 1 aliphatic heterocycles. The molecule has 0 bridgehead atoms. The van der Waals surface area contributed by atoms with Crippen LogP contribution >= 0.6 is 11.8 Å². The fourth-order valence-electron chi connectivity index (χ4n) is 3.62. The molecule has 0 unspecified atom stereocenters. The van der Waals surface area contributed by atoms with E-state index in [4.69, 9.17) is 9.47 Å². The number of esters is 1. The summed E-state index contributed by atoms with van der Waals surface area (Å²) in [4.78, 5) is 27.8. The molecule has 0 aromatic heterocycles. The van der Waals surface area contributed by atoms with Crippen molar-refractivity contribution in [3.63, 3.8) is 0 Å². The minimum Gasteiger partial charge on any atom is -0.469 e. The van der Waals surface area contributed by atoms with Gasteiger partial charge in [0.15, 0.2) is 6.61 Å². The highest BCUT2D eigenvalue weighted by atomic mass is 32.2. The second kappa shape index (κ2) is 12.1. The van der Waals surface area contributed by atoms with Gasteiger partial charge >= 0.3 is 5.97 Å². The molecule has 1 amide bonds. The number of rotatable bonds is 10. The summed E-state index contributed by atoms with van der Waals surface area (Å²) in [5.41, 5.74) is 2.12. The van der Waals surface area contributed by atoms with Crippen LogP contribution in [0.5, 0.6) is 0 Å². The molecule has 0 radical (unpaired) electrons. The van der Waals surface area contributed by atoms with Crippen LogP contribution in [0.1, 0.15) is 45.7 Å². The zero-order valence-electron chi connectivity index (χ0n) is 22.4. The molecule has 0 fully saturated rings. The number of anilines is 1. The number of nitrogens with zero attached hydrogens (tertiary/aromatic N) is 3. The number of hydrazone groups is 1.